The van der Waals surface area contributed by atoms with Crippen LogP contribution in [0, 0.1) is 0 Å². The van der Waals surface area contributed by atoms with Crippen LogP contribution in [0.1, 0.15) is 30.9 Å². The van der Waals surface area contributed by atoms with Crippen LogP contribution in [-0.4, -0.2) is 22.5 Å². The topological polar surface area (TPSA) is 56.3 Å². The van der Waals surface area contributed by atoms with Crippen LogP contribution < -0.4 is 4.90 Å². The third-order valence-corrected chi connectivity index (χ3v) is 4.85. The first kappa shape index (κ1) is 15.0. The van der Waals surface area contributed by atoms with E-state index >= 15 is 0 Å². The minimum atomic E-state index is -1.63. The van der Waals surface area contributed by atoms with Gasteiger partial charge in [-0.05, 0) is 18.6 Å². The number of para-hydroxylation sites is 2. The molecule has 24 heavy (non-hydrogen) atoms. The molecule has 1 aromatic heterocycles. The quantitative estimate of drug-likeness (QED) is 0.772. The summed E-state index contributed by atoms with van der Waals surface area (Å²) in [6, 6.07) is 15.3. The molecule has 1 aliphatic heterocycles. The molecule has 122 valence electrons. The van der Waals surface area contributed by atoms with Crippen LogP contribution in [0.25, 0.3) is 10.9 Å². The Hall–Kier alpha value is -2.59. The van der Waals surface area contributed by atoms with E-state index < -0.39 is 5.60 Å². The Balaban J connectivity index is 1.92. The highest BCUT2D eigenvalue weighted by Crippen LogP contribution is 2.46. The van der Waals surface area contributed by atoms with Gasteiger partial charge >= 0.3 is 0 Å². The zero-order valence-electron chi connectivity index (χ0n) is 13.6. The minimum Gasteiger partial charge on any atom is -0.372 e. The van der Waals surface area contributed by atoms with Crippen molar-refractivity contribution in [3.63, 3.8) is 0 Å². The third-order valence-electron chi connectivity index (χ3n) is 4.85. The van der Waals surface area contributed by atoms with E-state index in [0.29, 0.717) is 17.7 Å². The molecule has 4 nitrogen and oxygen atoms in total. The van der Waals surface area contributed by atoms with Gasteiger partial charge in [0.25, 0.3) is 5.91 Å². The summed E-state index contributed by atoms with van der Waals surface area (Å²) in [5.41, 5.74) is 1.37. The maximum atomic E-state index is 13.2. The molecule has 0 fully saturated rings. The number of benzene rings is 2. The van der Waals surface area contributed by atoms with Crippen molar-refractivity contribution in [1.82, 2.24) is 4.98 Å². The number of rotatable bonds is 4. The first-order chi connectivity index (χ1) is 11.7. The summed E-state index contributed by atoms with van der Waals surface area (Å²) < 4.78 is 0. The number of nitrogens with one attached hydrogen (secondary N) is 1. The van der Waals surface area contributed by atoms with Crippen LogP contribution in [0.4, 0.5) is 5.69 Å². The van der Waals surface area contributed by atoms with Crippen molar-refractivity contribution in [3.8, 4) is 0 Å². The van der Waals surface area contributed by atoms with Gasteiger partial charge in [0.05, 0.1) is 5.69 Å². The standard InChI is InChI=1S/C20H20N2O2/c1-2-3-12-22-18-11-7-5-9-15(18)20(24,19(22)23)16-13-21-17-10-6-4-8-14(16)17/h4-11,13,21,24H,2-3,12H2,1H3/t20-/m0/s1. The van der Waals surface area contributed by atoms with Crippen LogP contribution in [-0.2, 0) is 10.4 Å². The van der Waals surface area contributed by atoms with E-state index in [4.69, 9.17) is 0 Å². The lowest BCUT2D eigenvalue weighted by molar-refractivity contribution is -0.132. The SMILES string of the molecule is CCCCN1C(=O)[C@@](O)(c2c[nH]c3ccccc23)c2ccccc21. The van der Waals surface area contributed by atoms with Crippen LogP contribution in [0.2, 0.25) is 0 Å². The average molecular weight is 320 g/mol. The van der Waals surface area contributed by atoms with Gasteiger partial charge in [-0.25, -0.2) is 0 Å². The van der Waals surface area contributed by atoms with Crippen molar-refractivity contribution in [2.75, 3.05) is 11.4 Å². The fourth-order valence-electron chi connectivity index (χ4n) is 3.60. The Kier molecular flexibility index (Phi) is 3.43. The Morgan fingerprint density at radius 3 is 2.67 bits per heavy atom. The number of aromatic nitrogens is 1. The van der Waals surface area contributed by atoms with Crippen LogP contribution in [0.3, 0.4) is 0 Å². The molecule has 2 heterocycles. The molecule has 0 unspecified atom stereocenters. The summed E-state index contributed by atoms with van der Waals surface area (Å²) in [5.74, 6) is -0.262. The van der Waals surface area contributed by atoms with Crippen LogP contribution in [0.5, 0.6) is 0 Å². The predicted octanol–water partition coefficient (Wildman–Crippen LogP) is 3.55. The normalized spacial score (nSPS) is 19.9. The van der Waals surface area contributed by atoms with Crippen molar-refractivity contribution in [2.24, 2.45) is 0 Å². The lowest BCUT2D eigenvalue weighted by Gasteiger charge is -2.23. The number of amides is 1. The van der Waals surface area contributed by atoms with Crippen LogP contribution in [0.15, 0.2) is 54.7 Å². The number of carbonyl (C=O) groups is 1. The van der Waals surface area contributed by atoms with E-state index in [9.17, 15) is 9.90 Å². The van der Waals surface area contributed by atoms with E-state index in [1.165, 1.54) is 0 Å². The molecular weight excluding hydrogens is 300 g/mol. The Morgan fingerprint density at radius 1 is 1.08 bits per heavy atom. The number of H-pyrrole nitrogens is 1. The van der Waals surface area contributed by atoms with Gasteiger partial charge < -0.3 is 15.0 Å². The maximum absolute atomic E-state index is 13.2. The summed E-state index contributed by atoms with van der Waals surface area (Å²) in [6.45, 7) is 2.72. The zero-order chi connectivity index (χ0) is 16.7. The van der Waals surface area contributed by atoms with E-state index in [0.717, 1.165) is 29.4 Å². The third kappa shape index (κ3) is 1.93. The summed E-state index contributed by atoms with van der Waals surface area (Å²) >= 11 is 0. The van der Waals surface area contributed by atoms with E-state index in [-0.39, 0.29) is 5.91 Å². The number of hydrogen-bond acceptors (Lipinski definition) is 2. The van der Waals surface area contributed by atoms with Gasteiger partial charge in [0.1, 0.15) is 0 Å². The maximum Gasteiger partial charge on any atom is 0.268 e. The molecule has 1 atom stereocenters. The summed E-state index contributed by atoms with van der Waals surface area (Å²) in [5, 5.41) is 12.4. The molecule has 0 radical (unpaired) electrons. The van der Waals surface area contributed by atoms with Crippen molar-refractivity contribution in [3.05, 3.63) is 65.9 Å². The largest absolute Gasteiger partial charge is 0.372 e. The molecule has 0 spiro atoms. The van der Waals surface area contributed by atoms with Gasteiger partial charge in [-0.15, -0.1) is 0 Å². The van der Waals surface area contributed by atoms with Gasteiger partial charge in [-0.3, -0.25) is 4.79 Å². The fourth-order valence-corrected chi connectivity index (χ4v) is 3.60. The summed E-state index contributed by atoms with van der Waals surface area (Å²) in [4.78, 5) is 18.1. The first-order valence-electron chi connectivity index (χ1n) is 8.38. The average Bonchev–Trinajstić information content (AvgIpc) is 3.14. The highest BCUT2D eigenvalue weighted by molar-refractivity contribution is 6.11. The van der Waals surface area contributed by atoms with Gasteiger partial charge in [-0.2, -0.15) is 0 Å². The number of aliphatic hydroxyl groups is 1. The van der Waals surface area contributed by atoms with Crippen LogP contribution >= 0.6 is 0 Å². The van der Waals surface area contributed by atoms with Crippen molar-refractivity contribution >= 4 is 22.5 Å². The molecule has 4 rings (SSSR count). The first-order valence-corrected chi connectivity index (χ1v) is 8.38. The number of carbonyl (C=O) groups excluding carboxylic acids is 1. The molecular formula is C20H20N2O2. The van der Waals surface area contributed by atoms with E-state index in [1.54, 1.807) is 11.1 Å². The molecule has 0 saturated heterocycles. The zero-order valence-corrected chi connectivity index (χ0v) is 13.6. The van der Waals surface area contributed by atoms with Crippen molar-refractivity contribution in [2.45, 2.75) is 25.4 Å². The molecule has 1 amide bonds. The Bertz CT molecular complexity index is 915. The van der Waals surface area contributed by atoms with Gasteiger partial charge in [-0.1, -0.05) is 49.7 Å². The number of hydrogen-bond donors (Lipinski definition) is 2. The molecule has 2 N–H and O–H groups in total. The monoisotopic (exact) mass is 320 g/mol. The number of aromatic amines is 1. The fraction of sp³-hybridized carbons (Fsp3) is 0.250. The molecule has 1 aliphatic rings. The highest BCUT2D eigenvalue weighted by Gasteiger charge is 2.51. The summed E-state index contributed by atoms with van der Waals surface area (Å²) in [6.07, 6.45) is 3.66. The second-order valence-corrected chi connectivity index (χ2v) is 6.29. The second kappa shape index (κ2) is 5.49. The summed E-state index contributed by atoms with van der Waals surface area (Å²) in [7, 11) is 0. The number of nitrogens with zero attached hydrogens (tertiary/aromatic N) is 1. The molecule has 0 aliphatic carbocycles. The van der Waals surface area contributed by atoms with Crippen molar-refractivity contribution in [1.29, 1.82) is 0 Å². The van der Waals surface area contributed by atoms with Gasteiger partial charge in [0.15, 0.2) is 5.60 Å². The molecule has 4 heteroatoms. The highest BCUT2D eigenvalue weighted by atomic mass is 16.3. The second-order valence-electron chi connectivity index (χ2n) is 6.29. The number of anilines is 1. The number of fused-ring (bicyclic) bond motifs is 2. The Morgan fingerprint density at radius 2 is 1.83 bits per heavy atom. The van der Waals surface area contributed by atoms with Gasteiger partial charge in [0.2, 0.25) is 0 Å². The van der Waals surface area contributed by atoms with Crippen molar-refractivity contribution < 1.29 is 9.90 Å². The Labute approximate surface area is 140 Å². The minimum absolute atomic E-state index is 0.262. The molecule has 0 bridgehead atoms. The lowest BCUT2D eigenvalue weighted by Crippen LogP contribution is -2.41. The predicted molar refractivity (Wildman–Crippen MR) is 95.0 cm³/mol. The molecule has 2 aromatic carbocycles. The number of unbranched alkanes of at least 4 members (excludes halogenated alkanes) is 1. The van der Waals surface area contributed by atoms with E-state index in [1.807, 2.05) is 48.5 Å². The smallest absolute Gasteiger partial charge is 0.268 e. The van der Waals surface area contributed by atoms with E-state index in [2.05, 4.69) is 11.9 Å². The molecule has 3 aromatic rings. The molecule has 0 saturated carbocycles. The van der Waals surface area contributed by atoms with Gasteiger partial charge in [0, 0.05) is 34.8 Å². The lowest BCUT2D eigenvalue weighted by atomic mass is 9.87.